The SMILES string of the molecule is COc1ccc(OC)c(-c2c(C#N)c(SCC(=O)Oc3ccccc3C)nc3c2CN(C)CC3)c1. The zero-order valence-electron chi connectivity index (χ0n) is 20.3. The van der Waals surface area contributed by atoms with Gasteiger partial charge in [0.05, 0.1) is 25.5 Å². The summed E-state index contributed by atoms with van der Waals surface area (Å²) >= 11 is 1.22. The van der Waals surface area contributed by atoms with Crippen LogP contribution in [0.25, 0.3) is 11.1 Å². The molecule has 35 heavy (non-hydrogen) atoms. The van der Waals surface area contributed by atoms with Crippen LogP contribution in [-0.2, 0) is 17.8 Å². The second-order valence-electron chi connectivity index (χ2n) is 8.29. The number of esters is 1. The van der Waals surface area contributed by atoms with E-state index in [0.29, 0.717) is 34.4 Å². The smallest absolute Gasteiger partial charge is 0.321 e. The van der Waals surface area contributed by atoms with E-state index in [-0.39, 0.29) is 5.75 Å². The lowest BCUT2D eigenvalue weighted by Crippen LogP contribution is -2.28. The summed E-state index contributed by atoms with van der Waals surface area (Å²) in [7, 11) is 5.26. The molecule has 180 valence electrons. The molecule has 1 aromatic heterocycles. The Bertz CT molecular complexity index is 1300. The number of hydrogen-bond donors (Lipinski definition) is 0. The lowest BCUT2D eigenvalue weighted by molar-refractivity contribution is -0.131. The molecule has 3 aromatic rings. The molecule has 0 amide bonds. The molecule has 0 N–H and O–H groups in total. The molecule has 4 rings (SSSR count). The van der Waals surface area contributed by atoms with Gasteiger partial charge in [0.15, 0.2) is 0 Å². The Morgan fingerprint density at radius 3 is 2.69 bits per heavy atom. The average Bonchev–Trinajstić information content (AvgIpc) is 2.87. The van der Waals surface area contributed by atoms with Gasteiger partial charge >= 0.3 is 5.97 Å². The summed E-state index contributed by atoms with van der Waals surface area (Å²) in [5.41, 5.74) is 4.76. The number of para-hydroxylation sites is 1. The van der Waals surface area contributed by atoms with E-state index in [4.69, 9.17) is 19.2 Å². The largest absolute Gasteiger partial charge is 0.497 e. The zero-order valence-corrected chi connectivity index (χ0v) is 21.1. The van der Waals surface area contributed by atoms with E-state index >= 15 is 0 Å². The number of pyridine rings is 1. The number of likely N-dealkylation sites (N-methyl/N-ethyl adjacent to an activating group) is 1. The Hall–Kier alpha value is -3.54. The molecule has 0 bridgehead atoms. The molecule has 0 radical (unpaired) electrons. The monoisotopic (exact) mass is 489 g/mol. The summed E-state index contributed by atoms with van der Waals surface area (Å²) < 4.78 is 16.6. The van der Waals surface area contributed by atoms with Crippen molar-refractivity contribution in [3.05, 3.63) is 64.8 Å². The summed E-state index contributed by atoms with van der Waals surface area (Å²) in [5, 5.41) is 10.8. The van der Waals surface area contributed by atoms with E-state index in [2.05, 4.69) is 11.0 Å². The highest BCUT2D eigenvalue weighted by atomic mass is 32.2. The first kappa shape index (κ1) is 24.6. The quantitative estimate of drug-likeness (QED) is 0.270. The molecule has 0 aliphatic carbocycles. The number of nitrogens with zero attached hydrogens (tertiary/aromatic N) is 3. The van der Waals surface area contributed by atoms with Crippen LogP contribution in [0.5, 0.6) is 17.2 Å². The van der Waals surface area contributed by atoms with Gasteiger partial charge in [0.1, 0.15) is 28.3 Å². The van der Waals surface area contributed by atoms with Gasteiger partial charge in [-0.2, -0.15) is 5.26 Å². The third kappa shape index (κ3) is 5.26. The van der Waals surface area contributed by atoms with Crippen molar-refractivity contribution in [2.45, 2.75) is 24.9 Å². The molecule has 0 atom stereocenters. The Labute approximate surface area is 209 Å². The Morgan fingerprint density at radius 1 is 1.17 bits per heavy atom. The third-order valence-electron chi connectivity index (χ3n) is 5.94. The number of rotatable bonds is 7. The number of hydrogen-bond acceptors (Lipinski definition) is 8. The van der Waals surface area contributed by atoms with Crippen LogP contribution in [0.1, 0.15) is 22.4 Å². The van der Waals surface area contributed by atoms with Crippen LogP contribution in [0.15, 0.2) is 47.5 Å². The van der Waals surface area contributed by atoms with Crippen molar-refractivity contribution in [3.63, 3.8) is 0 Å². The maximum atomic E-state index is 12.6. The predicted molar refractivity (Wildman–Crippen MR) is 135 cm³/mol. The number of nitriles is 1. The molecule has 2 heterocycles. The van der Waals surface area contributed by atoms with Crippen molar-refractivity contribution in [3.8, 4) is 34.4 Å². The predicted octanol–water partition coefficient (Wildman–Crippen LogP) is 4.63. The van der Waals surface area contributed by atoms with Crippen LogP contribution >= 0.6 is 11.8 Å². The molecule has 1 aliphatic rings. The molecular weight excluding hydrogens is 462 g/mol. The van der Waals surface area contributed by atoms with E-state index in [9.17, 15) is 10.1 Å². The van der Waals surface area contributed by atoms with E-state index < -0.39 is 5.97 Å². The number of thioether (sulfide) groups is 1. The maximum Gasteiger partial charge on any atom is 0.321 e. The topological polar surface area (TPSA) is 84.7 Å². The van der Waals surface area contributed by atoms with Gasteiger partial charge < -0.3 is 19.1 Å². The van der Waals surface area contributed by atoms with Crippen LogP contribution in [0.3, 0.4) is 0 Å². The second kappa shape index (κ2) is 10.8. The fraction of sp³-hybridized carbons (Fsp3) is 0.296. The van der Waals surface area contributed by atoms with Gasteiger partial charge in [-0.15, -0.1) is 0 Å². The van der Waals surface area contributed by atoms with Crippen LogP contribution in [0, 0.1) is 18.3 Å². The first-order chi connectivity index (χ1) is 16.9. The Kier molecular flexibility index (Phi) is 7.59. The van der Waals surface area contributed by atoms with Crippen LogP contribution in [0.2, 0.25) is 0 Å². The first-order valence-corrected chi connectivity index (χ1v) is 12.2. The van der Waals surface area contributed by atoms with Crippen molar-refractivity contribution >= 4 is 17.7 Å². The zero-order chi connectivity index (χ0) is 24.9. The highest BCUT2D eigenvalue weighted by Gasteiger charge is 2.27. The first-order valence-electron chi connectivity index (χ1n) is 11.2. The van der Waals surface area contributed by atoms with Gasteiger partial charge in [0, 0.05) is 36.3 Å². The van der Waals surface area contributed by atoms with Gasteiger partial charge in [-0.3, -0.25) is 4.79 Å². The van der Waals surface area contributed by atoms with Crippen molar-refractivity contribution in [2.24, 2.45) is 0 Å². The fourth-order valence-corrected chi connectivity index (χ4v) is 4.92. The molecular formula is C27H27N3O4S. The summed E-state index contributed by atoms with van der Waals surface area (Å²) in [5.74, 6) is 1.47. The molecule has 0 saturated heterocycles. The van der Waals surface area contributed by atoms with Crippen LogP contribution < -0.4 is 14.2 Å². The van der Waals surface area contributed by atoms with Gasteiger partial charge in [0.2, 0.25) is 0 Å². The number of aryl methyl sites for hydroxylation is 1. The average molecular weight is 490 g/mol. The van der Waals surface area contributed by atoms with Crippen molar-refractivity contribution in [1.29, 1.82) is 5.26 Å². The summed E-state index contributed by atoms with van der Waals surface area (Å²) in [6, 6.07) is 15.3. The minimum absolute atomic E-state index is 0.0311. The third-order valence-corrected chi connectivity index (χ3v) is 6.89. The minimum Gasteiger partial charge on any atom is -0.497 e. The molecule has 0 saturated carbocycles. The summed E-state index contributed by atoms with van der Waals surface area (Å²) in [6.45, 7) is 3.41. The van der Waals surface area contributed by atoms with Crippen molar-refractivity contribution in [1.82, 2.24) is 9.88 Å². The van der Waals surface area contributed by atoms with Gasteiger partial charge in [0.25, 0.3) is 0 Å². The molecule has 8 heteroatoms. The molecule has 1 aliphatic heterocycles. The van der Waals surface area contributed by atoms with Crippen molar-refractivity contribution < 1.29 is 19.0 Å². The number of fused-ring (bicyclic) bond motifs is 1. The van der Waals surface area contributed by atoms with E-state index in [1.165, 1.54) is 11.8 Å². The van der Waals surface area contributed by atoms with Gasteiger partial charge in [-0.05, 0) is 49.4 Å². The molecule has 0 spiro atoms. The fourth-order valence-electron chi connectivity index (χ4n) is 4.14. The van der Waals surface area contributed by atoms with Gasteiger partial charge in [-0.1, -0.05) is 30.0 Å². The van der Waals surface area contributed by atoms with Crippen LogP contribution in [-0.4, -0.2) is 49.4 Å². The minimum atomic E-state index is -0.395. The van der Waals surface area contributed by atoms with E-state index in [1.54, 1.807) is 20.3 Å². The number of benzene rings is 2. The maximum absolute atomic E-state index is 12.6. The lowest BCUT2D eigenvalue weighted by atomic mass is 9.91. The Balaban J connectivity index is 1.75. The summed E-state index contributed by atoms with van der Waals surface area (Å²) in [4.78, 5) is 19.6. The Morgan fingerprint density at radius 2 is 1.97 bits per heavy atom. The normalized spacial score (nSPS) is 13.0. The number of carbonyl (C=O) groups excluding carboxylic acids is 1. The van der Waals surface area contributed by atoms with E-state index in [1.807, 2.05) is 50.4 Å². The highest BCUT2D eigenvalue weighted by molar-refractivity contribution is 7.99. The lowest BCUT2D eigenvalue weighted by Gasteiger charge is -2.28. The standard InChI is InChI=1S/C27H27N3O4S/c1-17-7-5-6-8-23(17)34-25(31)16-35-27-20(14-28)26(21-15-30(2)12-11-22(21)29-27)19-13-18(32-3)9-10-24(19)33-4/h5-10,13H,11-12,15-16H2,1-4H3. The second-order valence-corrected chi connectivity index (χ2v) is 9.25. The van der Waals surface area contributed by atoms with Crippen molar-refractivity contribution in [2.75, 3.05) is 33.6 Å². The molecule has 2 aromatic carbocycles. The highest BCUT2D eigenvalue weighted by Crippen LogP contribution is 2.42. The number of carbonyl (C=O) groups is 1. The van der Waals surface area contributed by atoms with E-state index in [0.717, 1.165) is 40.9 Å². The molecule has 0 unspecified atom stereocenters. The molecule has 7 nitrogen and oxygen atoms in total. The molecule has 0 fully saturated rings. The number of methoxy groups -OCH3 is 2. The number of ether oxygens (including phenoxy) is 3. The van der Waals surface area contributed by atoms with Crippen LogP contribution in [0.4, 0.5) is 0 Å². The van der Waals surface area contributed by atoms with Gasteiger partial charge in [-0.25, -0.2) is 4.98 Å². The number of aromatic nitrogens is 1. The summed E-state index contributed by atoms with van der Waals surface area (Å²) in [6.07, 6.45) is 0.748.